The van der Waals surface area contributed by atoms with Gasteiger partial charge >= 0.3 is 0 Å². The van der Waals surface area contributed by atoms with Gasteiger partial charge in [0.05, 0.1) is 16.6 Å². The normalized spacial score (nSPS) is 13.2. The molecular weight excluding hydrogens is 182 g/mol. The summed E-state index contributed by atoms with van der Waals surface area (Å²) in [4.78, 5) is 1.17. The molecule has 0 aliphatic heterocycles. The van der Waals surface area contributed by atoms with E-state index in [-0.39, 0.29) is 6.04 Å². The fourth-order valence-corrected chi connectivity index (χ4v) is 2.09. The molecule has 1 heterocycles. The molecule has 3 nitrogen and oxygen atoms in total. The summed E-state index contributed by atoms with van der Waals surface area (Å²) in [5.74, 6) is 0.421. The molecule has 4 heteroatoms. The first-order valence-electron chi connectivity index (χ1n) is 4.32. The van der Waals surface area contributed by atoms with Gasteiger partial charge in [-0.25, -0.2) is 0 Å². The average Bonchev–Trinajstić information content (AvgIpc) is 2.55. The Hall–Kier alpha value is -0.740. The van der Waals surface area contributed by atoms with Crippen LogP contribution in [0.5, 0.6) is 0 Å². The Labute approximate surface area is 83.0 Å². The second-order valence-corrected chi connectivity index (χ2v) is 3.96. The second kappa shape index (κ2) is 4.48. The summed E-state index contributed by atoms with van der Waals surface area (Å²) < 4.78 is 3.96. The zero-order valence-electron chi connectivity index (χ0n) is 8.24. The zero-order chi connectivity index (χ0) is 9.84. The third-order valence-electron chi connectivity index (χ3n) is 1.92. The van der Waals surface area contributed by atoms with E-state index in [2.05, 4.69) is 35.3 Å². The van der Waals surface area contributed by atoms with Crippen molar-refractivity contribution < 1.29 is 0 Å². The molecule has 0 spiro atoms. The van der Waals surface area contributed by atoms with Crippen LogP contribution in [0.4, 0.5) is 0 Å². The summed E-state index contributed by atoms with van der Waals surface area (Å²) in [6.45, 7) is 8.02. The molecular formula is C9H15N3S. The molecule has 1 N–H and O–H groups in total. The summed E-state index contributed by atoms with van der Waals surface area (Å²) in [5.41, 5.74) is 1.07. The number of hydrogen-bond acceptors (Lipinski definition) is 4. The molecule has 1 aromatic rings. The van der Waals surface area contributed by atoms with Crippen molar-refractivity contribution in [3.05, 3.63) is 23.2 Å². The largest absolute Gasteiger partial charge is 0.309 e. The molecule has 0 aromatic carbocycles. The Balaban J connectivity index is 2.98. The molecule has 0 fully saturated rings. The maximum Gasteiger partial charge on any atom is 0.0832 e. The fourth-order valence-electron chi connectivity index (χ4n) is 1.18. The Kier molecular flexibility index (Phi) is 3.57. The van der Waals surface area contributed by atoms with E-state index in [0.29, 0.717) is 5.92 Å². The molecule has 0 saturated carbocycles. The highest BCUT2D eigenvalue weighted by molar-refractivity contribution is 7.05. The van der Waals surface area contributed by atoms with Crippen LogP contribution < -0.4 is 5.32 Å². The zero-order valence-corrected chi connectivity index (χ0v) is 9.06. The van der Waals surface area contributed by atoms with E-state index in [0.717, 1.165) is 5.69 Å². The van der Waals surface area contributed by atoms with Crippen molar-refractivity contribution in [3.8, 4) is 0 Å². The van der Waals surface area contributed by atoms with E-state index in [1.165, 1.54) is 16.4 Å². The molecule has 1 rings (SSSR count). The topological polar surface area (TPSA) is 37.8 Å². The smallest absolute Gasteiger partial charge is 0.0832 e. The average molecular weight is 197 g/mol. The number of aromatic nitrogens is 2. The molecule has 0 aliphatic rings. The maximum absolute atomic E-state index is 4.11. The molecule has 0 bridgehead atoms. The summed E-state index contributed by atoms with van der Waals surface area (Å²) in [7, 11) is 1.91. The summed E-state index contributed by atoms with van der Waals surface area (Å²) in [6, 6.07) is 0.178. The van der Waals surface area contributed by atoms with E-state index in [1.807, 2.05) is 13.1 Å². The number of nitrogens with zero attached hydrogens (tertiary/aromatic N) is 2. The molecule has 72 valence electrons. The third-order valence-corrected chi connectivity index (χ3v) is 2.74. The quantitative estimate of drug-likeness (QED) is 0.751. The molecule has 13 heavy (non-hydrogen) atoms. The first kappa shape index (κ1) is 10.3. The highest BCUT2D eigenvalue weighted by Gasteiger charge is 2.16. The Morgan fingerprint density at radius 3 is 2.69 bits per heavy atom. The van der Waals surface area contributed by atoms with Crippen LogP contribution in [-0.4, -0.2) is 16.6 Å². The maximum atomic E-state index is 4.11. The minimum absolute atomic E-state index is 0.178. The Morgan fingerprint density at radius 2 is 2.23 bits per heavy atom. The van der Waals surface area contributed by atoms with E-state index < -0.39 is 0 Å². The summed E-state index contributed by atoms with van der Waals surface area (Å²) in [6.07, 6.45) is 1.88. The highest BCUT2D eigenvalue weighted by atomic mass is 32.1. The lowest BCUT2D eigenvalue weighted by molar-refractivity contribution is 0.698. The molecule has 1 atom stereocenters. The van der Waals surface area contributed by atoms with Crippen LogP contribution in [-0.2, 0) is 0 Å². The van der Waals surface area contributed by atoms with Crippen molar-refractivity contribution in [1.82, 2.24) is 14.9 Å². The predicted octanol–water partition coefficient (Wildman–Crippen LogP) is 2.11. The minimum atomic E-state index is 0.178. The van der Waals surface area contributed by atoms with Gasteiger partial charge in [0.15, 0.2) is 0 Å². The lowest BCUT2D eigenvalue weighted by Gasteiger charge is -2.11. The molecule has 1 unspecified atom stereocenters. The number of likely N-dealkylation sites (N-methyl/N-ethyl adjacent to an activating group) is 1. The van der Waals surface area contributed by atoms with Crippen molar-refractivity contribution in [2.75, 3.05) is 7.05 Å². The molecule has 1 aromatic heterocycles. The van der Waals surface area contributed by atoms with Gasteiger partial charge in [0, 0.05) is 0 Å². The van der Waals surface area contributed by atoms with Crippen LogP contribution in [0, 0.1) is 0 Å². The Bertz CT molecular complexity index is 280. The third kappa shape index (κ3) is 2.14. The molecule has 0 saturated heterocycles. The predicted molar refractivity (Wildman–Crippen MR) is 56.0 cm³/mol. The van der Waals surface area contributed by atoms with Gasteiger partial charge in [-0.1, -0.05) is 24.4 Å². The standard InChI is InChI=1S/C9H15N3S/c1-5-7(10-4)9-8(6(2)3)11-12-13-9/h5-7,10H,1H2,2-4H3. The van der Waals surface area contributed by atoms with Gasteiger partial charge in [0.25, 0.3) is 0 Å². The van der Waals surface area contributed by atoms with Crippen molar-refractivity contribution in [2.24, 2.45) is 0 Å². The first-order chi connectivity index (χ1) is 6.20. The molecule has 0 amide bonds. The van der Waals surface area contributed by atoms with Crippen LogP contribution in [0.3, 0.4) is 0 Å². The summed E-state index contributed by atoms with van der Waals surface area (Å²) in [5, 5.41) is 7.28. The van der Waals surface area contributed by atoms with Gasteiger partial charge in [-0.15, -0.1) is 11.7 Å². The number of hydrogen-bond donors (Lipinski definition) is 1. The SMILES string of the molecule is C=CC(NC)c1snnc1C(C)C. The van der Waals surface area contributed by atoms with Crippen molar-refractivity contribution in [2.45, 2.75) is 25.8 Å². The first-order valence-corrected chi connectivity index (χ1v) is 5.10. The van der Waals surface area contributed by atoms with Gasteiger partial charge < -0.3 is 5.32 Å². The van der Waals surface area contributed by atoms with Gasteiger partial charge in [-0.05, 0) is 24.5 Å². The van der Waals surface area contributed by atoms with Crippen LogP contribution in [0.15, 0.2) is 12.7 Å². The lowest BCUT2D eigenvalue weighted by atomic mass is 10.1. The number of nitrogens with one attached hydrogen (secondary N) is 1. The monoisotopic (exact) mass is 197 g/mol. The van der Waals surface area contributed by atoms with Gasteiger partial charge in [-0.2, -0.15) is 0 Å². The second-order valence-electron chi connectivity index (χ2n) is 3.18. The van der Waals surface area contributed by atoms with Crippen LogP contribution >= 0.6 is 11.5 Å². The number of rotatable bonds is 4. The Morgan fingerprint density at radius 1 is 1.54 bits per heavy atom. The van der Waals surface area contributed by atoms with Crippen molar-refractivity contribution >= 4 is 11.5 Å². The lowest BCUT2D eigenvalue weighted by Crippen LogP contribution is -2.14. The van der Waals surface area contributed by atoms with Crippen LogP contribution in [0.1, 0.15) is 36.4 Å². The van der Waals surface area contributed by atoms with E-state index in [1.54, 1.807) is 0 Å². The van der Waals surface area contributed by atoms with Gasteiger partial charge in [0.1, 0.15) is 0 Å². The van der Waals surface area contributed by atoms with E-state index in [4.69, 9.17) is 0 Å². The van der Waals surface area contributed by atoms with Gasteiger partial charge in [0.2, 0.25) is 0 Å². The highest BCUT2D eigenvalue weighted by Crippen LogP contribution is 2.26. The molecule has 0 radical (unpaired) electrons. The summed E-state index contributed by atoms with van der Waals surface area (Å²) >= 11 is 1.44. The van der Waals surface area contributed by atoms with Crippen molar-refractivity contribution in [1.29, 1.82) is 0 Å². The van der Waals surface area contributed by atoms with Crippen LogP contribution in [0.2, 0.25) is 0 Å². The van der Waals surface area contributed by atoms with E-state index in [9.17, 15) is 0 Å². The fraction of sp³-hybridized carbons (Fsp3) is 0.556. The van der Waals surface area contributed by atoms with E-state index >= 15 is 0 Å². The molecule has 0 aliphatic carbocycles. The van der Waals surface area contributed by atoms with Crippen molar-refractivity contribution in [3.63, 3.8) is 0 Å². The minimum Gasteiger partial charge on any atom is -0.309 e. The van der Waals surface area contributed by atoms with Gasteiger partial charge in [-0.3, -0.25) is 0 Å². The van der Waals surface area contributed by atoms with Crippen LogP contribution in [0.25, 0.3) is 0 Å².